The zero-order valence-corrected chi connectivity index (χ0v) is 16.4. The molecule has 0 aromatic heterocycles. The highest BCUT2D eigenvalue weighted by Gasteiger charge is 2.31. The monoisotopic (exact) mass is 401 g/mol. The van der Waals surface area contributed by atoms with Crippen LogP contribution in [0.5, 0.6) is 0 Å². The molecule has 1 aromatic carbocycles. The number of sulfone groups is 1. The van der Waals surface area contributed by atoms with Gasteiger partial charge in [0.25, 0.3) is 0 Å². The Hall–Kier alpha value is -1.80. The molecule has 0 saturated carbocycles. The van der Waals surface area contributed by atoms with Gasteiger partial charge in [0.15, 0.2) is 9.84 Å². The number of rotatable bonds is 6. The summed E-state index contributed by atoms with van der Waals surface area (Å²) >= 11 is 5.92. The van der Waals surface area contributed by atoms with Crippen LogP contribution in [-0.4, -0.2) is 43.9 Å². The molecule has 3 N–H and O–H groups in total. The molecule has 1 saturated heterocycles. The van der Waals surface area contributed by atoms with Crippen LogP contribution in [0.25, 0.3) is 0 Å². The van der Waals surface area contributed by atoms with Crippen molar-refractivity contribution in [1.82, 2.24) is 10.6 Å². The fraction of sp³-hybridized carbons (Fsp3) is 0.529. The number of anilines is 1. The number of urea groups is 1. The van der Waals surface area contributed by atoms with Gasteiger partial charge in [-0.05, 0) is 30.5 Å². The molecule has 0 radical (unpaired) electrons. The van der Waals surface area contributed by atoms with Crippen LogP contribution in [0, 0.1) is 5.92 Å². The van der Waals surface area contributed by atoms with E-state index in [0.29, 0.717) is 23.6 Å². The van der Waals surface area contributed by atoms with Crippen LogP contribution in [0.3, 0.4) is 0 Å². The third-order valence-corrected chi connectivity index (χ3v) is 6.44. The summed E-state index contributed by atoms with van der Waals surface area (Å²) in [5.41, 5.74) is 0.542. The van der Waals surface area contributed by atoms with Crippen LogP contribution < -0.4 is 16.0 Å². The lowest BCUT2D eigenvalue weighted by molar-refractivity contribution is -0.119. The second kappa shape index (κ2) is 8.73. The van der Waals surface area contributed by atoms with E-state index in [1.165, 1.54) is 0 Å². The minimum absolute atomic E-state index is 0.0663. The Bertz CT molecular complexity index is 769. The summed E-state index contributed by atoms with van der Waals surface area (Å²) in [5.74, 6) is -0.450. The highest BCUT2D eigenvalue weighted by molar-refractivity contribution is 7.91. The molecule has 1 aliphatic rings. The highest BCUT2D eigenvalue weighted by atomic mass is 35.5. The smallest absolute Gasteiger partial charge is 0.315 e. The van der Waals surface area contributed by atoms with E-state index in [1.807, 2.05) is 13.8 Å². The zero-order valence-electron chi connectivity index (χ0n) is 14.8. The van der Waals surface area contributed by atoms with Gasteiger partial charge < -0.3 is 16.0 Å². The van der Waals surface area contributed by atoms with Crippen molar-refractivity contribution in [2.24, 2.45) is 5.92 Å². The van der Waals surface area contributed by atoms with E-state index in [1.54, 1.807) is 24.3 Å². The lowest BCUT2D eigenvalue weighted by Gasteiger charge is -2.24. The molecule has 1 fully saturated rings. The fourth-order valence-corrected chi connectivity index (χ4v) is 4.63. The fourth-order valence-electron chi connectivity index (χ4n) is 2.77. The maximum atomic E-state index is 12.6. The van der Waals surface area contributed by atoms with E-state index in [-0.39, 0.29) is 23.3 Å². The topological polar surface area (TPSA) is 104 Å². The first kappa shape index (κ1) is 20.5. The zero-order chi connectivity index (χ0) is 19.3. The summed E-state index contributed by atoms with van der Waals surface area (Å²) < 4.78 is 23.0. The normalized spacial score (nSPS) is 20.8. The second-order valence-electron chi connectivity index (χ2n) is 6.58. The number of amides is 3. The lowest BCUT2D eigenvalue weighted by Crippen LogP contribution is -2.53. The minimum Gasteiger partial charge on any atom is -0.334 e. The molecule has 144 valence electrons. The molecule has 0 spiro atoms. The van der Waals surface area contributed by atoms with Gasteiger partial charge in [0, 0.05) is 16.8 Å². The molecule has 1 aliphatic heterocycles. The first-order valence-corrected chi connectivity index (χ1v) is 10.7. The van der Waals surface area contributed by atoms with Crippen molar-refractivity contribution < 1.29 is 18.0 Å². The van der Waals surface area contributed by atoms with Gasteiger partial charge in [-0.3, -0.25) is 4.79 Å². The predicted octanol–water partition coefficient (Wildman–Crippen LogP) is 2.18. The average Bonchev–Trinajstić information content (AvgIpc) is 2.90. The average molecular weight is 402 g/mol. The number of halogens is 1. The predicted molar refractivity (Wildman–Crippen MR) is 102 cm³/mol. The van der Waals surface area contributed by atoms with Crippen LogP contribution >= 0.6 is 11.6 Å². The molecule has 1 aromatic rings. The van der Waals surface area contributed by atoms with Gasteiger partial charge in [-0.15, -0.1) is 0 Å². The summed E-state index contributed by atoms with van der Waals surface area (Å²) in [5, 5.41) is 8.55. The van der Waals surface area contributed by atoms with E-state index < -0.39 is 28.0 Å². The number of hydrogen-bond acceptors (Lipinski definition) is 4. The second-order valence-corrected chi connectivity index (χ2v) is 9.25. The molecule has 1 unspecified atom stereocenters. The maximum absolute atomic E-state index is 12.6. The van der Waals surface area contributed by atoms with Gasteiger partial charge in [-0.25, -0.2) is 13.2 Å². The third kappa shape index (κ3) is 5.88. The van der Waals surface area contributed by atoms with E-state index in [9.17, 15) is 18.0 Å². The van der Waals surface area contributed by atoms with Crippen LogP contribution in [0.15, 0.2) is 24.3 Å². The summed E-state index contributed by atoms with van der Waals surface area (Å²) in [6, 6.07) is 5.03. The summed E-state index contributed by atoms with van der Waals surface area (Å²) in [6.45, 7) is 3.79. The molecule has 0 aliphatic carbocycles. The van der Waals surface area contributed by atoms with Crippen molar-refractivity contribution in [1.29, 1.82) is 0 Å². The minimum atomic E-state index is -3.09. The number of carbonyl (C=O) groups is 2. The van der Waals surface area contributed by atoms with Crippen molar-refractivity contribution in [3.05, 3.63) is 29.3 Å². The van der Waals surface area contributed by atoms with Gasteiger partial charge in [0.2, 0.25) is 5.91 Å². The highest BCUT2D eigenvalue weighted by Crippen LogP contribution is 2.17. The van der Waals surface area contributed by atoms with E-state index in [2.05, 4.69) is 16.0 Å². The van der Waals surface area contributed by atoms with Crippen LogP contribution in [0.1, 0.15) is 26.7 Å². The first-order valence-electron chi connectivity index (χ1n) is 8.54. The largest absolute Gasteiger partial charge is 0.334 e. The van der Waals surface area contributed by atoms with Crippen molar-refractivity contribution >= 4 is 39.1 Å². The summed E-state index contributed by atoms with van der Waals surface area (Å²) in [6.07, 6.45) is 1.07. The summed E-state index contributed by atoms with van der Waals surface area (Å²) in [4.78, 5) is 24.8. The summed E-state index contributed by atoms with van der Waals surface area (Å²) in [7, 11) is -3.09. The number of hydrogen-bond donors (Lipinski definition) is 3. The quantitative estimate of drug-likeness (QED) is 0.679. The Labute approximate surface area is 158 Å². The van der Waals surface area contributed by atoms with Crippen molar-refractivity contribution in [3.63, 3.8) is 0 Å². The number of benzene rings is 1. The molecule has 0 bridgehead atoms. The van der Waals surface area contributed by atoms with Gasteiger partial charge in [-0.1, -0.05) is 37.9 Å². The Morgan fingerprint density at radius 1 is 1.35 bits per heavy atom. The SMILES string of the molecule is CC[C@H](C)[C@@H](NC(=O)NC1CCS(=O)(=O)C1)C(=O)Nc1cccc(Cl)c1. The van der Waals surface area contributed by atoms with Crippen molar-refractivity contribution in [2.45, 2.75) is 38.8 Å². The Morgan fingerprint density at radius 2 is 2.08 bits per heavy atom. The van der Waals surface area contributed by atoms with E-state index in [4.69, 9.17) is 11.6 Å². The first-order chi connectivity index (χ1) is 12.2. The maximum Gasteiger partial charge on any atom is 0.315 e. The molecule has 7 nitrogen and oxygen atoms in total. The van der Waals surface area contributed by atoms with Crippen LogP contribution in [0.4, 0.5) is 10.5 Å². The van der Waals surface area contributed by atoms with Gasteiger partial charge >= 0.3 is 6.03 Å². The molecular weight excluding hydrogens is 378 g/mol. The third-order valence-electron chi connectivity index (χ3n) is 4.44. The van der Waals surface area contributed by atoms with Gasteiger partial charge in [0.05, 0.1) is 11.5 Å². The van der Waals surface area contributed by atoms with Gasteiger partial charge in [0.1, 0.15) is 6.04 Å². The molecule has 2 rings (SSSR count). The molecule has 3 amide bonds. The van der Waals surface area contributed by atoms with Crippen LogP contribution in [-0.2, 0) is 14.6 Å². The molecule has 1 heterocycles. The van der Waals surface area contributed by atoms with E-state index >= 15 is 0 Å². The molecular formula is C17H24ClN3O4S. The van der Waals surface area contributed by atoms with E-state index in [0.717, 1.165) is 0 Å². The number of carbonyl (C=O) groups excluding carboxylic acids is 2. The Kier molecular flexibility index (Phi) is 6.88. The number of nitrogens with one attached hydrogen (secondary N) is 3. The molecule has 3 atom stereocenters. The lowest BCUT2D eigenvalue weighted by atomic mass is 9.98. The Balaban J connectivity index is 2.00. The molecule has 9 heteroatoms. The van der Waals surface area contributed by atoms with Gasteiger partial charge in [-0.2, -0.15) is 0 Å². The van der Waals surface area contributed by atoms with Crippen molar-refractivity contribution in [2.75, 3.05) is 16.8 Å². The Morgan fingerprint density at radius 3 is 2.65 bits per heavy atom. The van der Waals surface area contributed by atoms with Crippen LogP contribution in [0.2, 0.25) is 5.02 Å². The standard InChI is InChI=1S/C17H24ClN3O4S/c1-3-11(2)15(16(22)19-13-6-4-5-12(18)9-13)21-17(23)20-14-7-8-26(24,25)10-14/h4-6,9,11,14-15H,3,7-8,10H2,1-2H3,(H,19,22)(H2,20,21,23)/t11-,14?,15+/m0/s1. The van der Waals surface area contributed by atoms with Crippen molar-refractivity contribution in [3.8, 4) is 0 Å². The molecule has 26 heavy (non-hydrogen) atoms.